The fourth-order valence-corrected chi connectivity index (χ4v) is 2.92. The lowest BCUT2D eigenvalue weighted by Crippen LogP contribution is -2.33. The standard InChI is InChI=1S/C21H23BrN2O5/c1-24(13-19(25)23-16-8-6-5-7-15(16)22)20(26)10-9-14-11-17(27-2)21(29-4)18(12-14)28-3/h5-12H,13H2,1-4H3,(H,23,25)/b10-9+. The summed E-state index contributed by atoms with van der Waals surface area (Å²) in [5.74, 6) is 0.828. The third-order valence-corrected chi connectivity index (χ3v) is 4.70. The molecule has 2 rings (SSSR count). The van der Waals surface area contributed by atoms with Crippen LogP contribution in [0.25, 0.3) is 6.08 Å². The number of halogens is 1. The summed E-state index contributed by atoms with van der Waals surface area (Å²) in [6.45, 7) is -0.0836. The molecule has 0 saturated carbocycles. The Balaban J connectivity index is 2.04. The van der Waals surface area contributed by atoms with Gasteiger partial charge in [-0.3, -0.25) is 9.59 Å². The minimum absolute atomic E-state index is 0.0836. The minimum Gasteiger partial charge on any atom is -0.493 e. The first kappa shape index (κ1) is 22.3. The number of amides is 2. The van der Waals surface area contributed by atoms with Crippen LogP contribution in [0.2, 0.25) is 0 Å². The first-order chi connectivity index (χ1) is 13.9. The first-order valence-corrected chi connectivity index (χ1v) is 9.46. The summed E-state index contributed by atoms with van der Waals surface area (Å²) in [7, 11) is 6.12. The Morgan fingerprint density at radius 1 is 1.07 bits per heavy atom. The van der Waals surface area contributed by atoms with Gasteiger partial charge >= 0.3 is 0 Å². The molecule has 0 aliphatic carbocycles. The predicted molar refractivity (Wildman–Crippen MR) is 116 cm³/mol. The van der Waals surface area contributed by atoms with E-state index in [9.17, 15) is 9.59 Å². The summed E-state index contributed by atoms with van der Waals surface area (Å²) in [5.41, 5.74) is 1.34. The molecule has 0 fully saturated rings. The van der Waals surface area contributed by atoms with E-state index in [1.807, 2.05) is 18.2 Å². The summed E-state index contributed by atoms with van der Waals surface area (Å²) in [6.07, 6.45) is 3.00. The summed E-state index contributed by atoms with van der Waals surface area (Å²) in [5, 5.41) is 2.76. The largest absolute Gasteiger partial charge is 0.493 e. The molecular weight excluding hydrogens is 440 g/mol. The number of nitrogens with one attached hydrogen (secondary N) is 1. The van der Waals surface area contributed by atoms with Crippen molar-refractivity contribution in [3.05, 3.63) is 52.5 Å². The Morgan fingerprint density at radius 3 is 2.24 bits per heavy atom. The van der Waals surface area contributed by atoms with Gasteiger partial charge in [0.2, 0.25) is 17.6 Å². The highest BCUT2D eigenvalue weighted by Crippen LogP contribution is 2.38. The number of anilines is 1. The van der Waals surface area contributed by atoms with Crippen LogP contribution in [-0.4, -0.2) is 51.6 Å². The van der Waals surface area contributed by atoms with Crippen molar-refractivity contribution in [2.24, 2.45) is 0 Å². The lowest BCUT2D eigenvalue weighted by Gasteiger charge is -2.15. The van der Waals surface area contributed by atoms with E-state index in [2.05, 4.69) is 21.2 Å². The van der Waals surface area contributed by atoms with Gasteiger partial charge in [0, 0.05) is 17.6 Å². The zero-order valence-electron chi connectivity index (χ0n) is 16.7. The van der Waals surface area contributed by atoms with Gasteiger partial charge in [0.25, 0.3) is 0 Å². The molecule has 0 aliphatic rings. The topological polar surface area (TPSA) is 77.1 Å². The monoisotopic (exact) mass is 462 g/mol. The smallest absolute Gasteiger partial charge is 0.246 e. The van der Waals surface area contributed by atoms with E-state index >= 15 is 0 Å². The molecule has 1 N–H and O–H groups in total. The SMILES string of the molecule is COc1cc(/C=C/C(=O)N(C)CC(=O)Nc2ccccc2Br)cc(OC)c1OC. The number of likely N-dealkylation sites (N-methyl/N-ethyl adjacent to an activating group) is 1. The molecule has 8 heteroatoms. The van der Waals surface area contributed by atoms with Gasteiger partial charge in [-0.2, -0.15) is 0 Å². The Kier molecular flexibility index (Phi) is 8.09. The molecule has 2 amide bonds. The molecule has 0 spiro atoms. The molecule has 2 aromatic rings. The first-order valence-electron chi connectivity index (χ1n) is 8.67. The summed E-state index contributed by atoms with van der Waals surface area (Å²) in [6, 6.07) is 10.7. The maximum atomic E-state index is 12.4. The summed E-state index contributed by atoms with van der Waals surface area (Å²) in [4.78, 5) is 25.9. The molecule has 0 radical (unpaired) electrons. The fourth-order valence-electron chi connectivity index (χ4n) is 2.54. The number of carbonyl (C=O) groups is 2. The summed E-state index contributed by atoms with van der Waals surface area (Å²) < 4.78 is 16.7. The Labute approximate surface area is 178 Å². The van der Waals surface area contributed by atoms with Gasteiger partial charge in [-0.1, -0.05) is 12.1 Å². The molecule has 154 valence electrons. The second kappa shape index (κ2) is 10.5. The maximum absolute atomic E-state index is 12.4. The van der Waals surface area contributed by atoms with Crippen LogP contribution in [0.5, 0.6) is 17.2 Å². The lowest BCUT2D eigenvalue weighted by molar-refractivity contribution is -0.129. The molecule has 0 atom stereocenters. The number of hydrogen-bond acceptors (Lipinski definition) is 5. The van der Waals surface area contributed by atoms with E-state index in [0.29, 0.717) is 28.5 Å². The van der Waals surface area contributed by atoms with Crippen molar-refractivity contribution in [2.75, 3.05) is 40.2 Å². The molecule has 29 heavy (non-hydrogen) atoms. The highest BCUT2D eigenvalue weighted by atomic mass is 79.9. The van der Waals surface area contributed by atoms with Gasteiger partial charge in [-0.25, -0.2) is 0 Å². The molecular formula is C21H23BrN2O5. The van der Waals surface area contributed by atoms with Gasteiger partial charge in [0.05, 0.1) is 33.6 Å². The predicted octanol–water partition coefficient (Wildman–Crippen LogP) is 3.59. The van der Waals surface area contributed by atoms with Crippen LogP contribution >= 0.6 is 15.9 Å². The van der Waals surface area contributed by atoms with Crippen molar-refractivity contribution in [1.82, 2.24) is 4.90 Å². The van der Waals surface area contributed by atoms with Crippen LogP contribution in [0.3, 0.4) is 0 Å². The number of carbonyl (C=O) groups excluding carboxylic acids is 2. The van der Waals surface area contributed by atoms with Gasteiger partial charge in [0.15, 0.2) is 11.5 Å². The van der Waals surface area contributed by atoms with E-state index < -0.39 is 0 Å². The van der Waals surface area contributed by atoms with E-state index in [1.165, 1.54) is 32.3 Å². The van der Waals surface area contributed by atoms with Crippen LogP contribution in [0.1, 0.15) is 5.56 Å². The maximum Gasteiger partial charge on any atom is 0.246 e. The van der Waals surface area contributed by atoms with Gasteiger partial charge in [0.1, 0.15) is 0 Å². The average molecular weight is 463 g/mol. The number of nitrogens with zero attached hydrogens (tertiary/aromatic N) is 1. The Morgan fingerprint density at radius 2 is 1.69 bits per heavy atom. The molecule has 0 aromatic heterocycles. The zero-order chi connectivity index (χ0) is 21.4. The second-order valence-electron chi connectivity index (χ2n) is 6.01. The zero-order valence-corrected chi connectivity index (χ0v) is 18.3. The van der Waals surface area contributed by atoms with Crippen LogP contribution in [0.4, 0.5) is 5.69 Å². The highest BCUT2D eigenvalue weighted by Gasteiger charge is 2.14. The number of benzene rings is 2. The van der Waals surface area contributed by atoms with Gasteiger partial charge in [-0.15, -0.1) is 0 Å². The van der Waals surface area contributed by atoms with Crippen molar-refractivity contribution in [2.45, 2.75) is 0 Å². The number of methoxy groups -OCH3 is 3. The number of ether oxygens (including phenoxy) is 3. The van der Waals surface area contributed by atoms with E-state index in [1.54, 1.807) is 31.3 Å². The second-order valence-corrected chi connectivity index (χ2v) is 6.87. The highest BCUT2D eigenvalue weighted by molar-refractivity contribution is 9.10. The van der Waals surface area contributed by atoms with Crippen LogP contribution in [0, 0.1) is 0 Å². The minimum atomic E-state index is -0.318. The third kappa shape index (κ3) is 5.99. The Hall–Kier alpha value is -3.00. The van der Waals surface area contributed by atoms with Crippen molar-refractivity contribution in [3.8, 4) is 17.2 Å². The molecule has 7 nitrogen and oxygen atoms in total. The van der Waals surface area contributed by atoms with Gasteiger partial charge < -0.3 is 24.4 Å². The van der Waals surface area contributed by atoms with E-state index in [0.717, 1.165) is 4.47 Å². The number of para-hydroxylation sites is 1. The fraction of sp³-hybridized carbons (Fsp3) is 0.238. The summed E-state index contributed by atoms with van der Waals surface area (Å²) >= 11 is 3.37. The number of hydrogen-bond donors (Lipinski definition) is 1. The van der Waals surface area contributed by atoms with Crippen LogP contribution in [0.15, 0.2) is 46.9 Å². The van der Waals surface area contributed by atoms with E-state index in [4.69, 9.17) is 14.2 Å². The molecule has 0 bridgehead atoms. The lowest BCUT2D eigenvalue weighted by atomic mass is 10.1. The van der Waals surface area contributed by atoms with Crippen molar-refractivity contribution < 1.29 is 23.8 Å². The molecule has 0 heterocycles. The molecule has 0 unspecified atom stereocenters. The van der Waals surface area contributed by atoms with Gasteiger partial charge in [-0.05, 0) is 51.8 Å². The molecule has 0 saturated heterocycles. The van der Waals surface area contributed by atoms with Crippen molar-refractivity contribution in [3.63, 3.8) is 0 Å². The average Bonchev–Trinajstić information content (AvgIpc) is 2.72. The molecule has 2 aromatic carbocycles. The van der Waals surface area contributed by atoms with E-state index in [-0.39, 0.29) is 18.4 Å². The number of rotatable bonds is 8. The molecule has 0 aliphatic heterocycles. The third-order valence-electron chi connectivity index (χ3n) is 4.01. The normalized spacial score (nSPS) is 10.5. The quantitative estimate of drug-likeness (QED) is 0.606. The van der Waals surface area contributed by atoms with Crippen molar-refractivity contribution >= 4 is 39.5 Å². The van der Waals surface area contributed by atoms with Crippen LogP contribution < -0.4 is 19.5 Å². The van der Waals surface area contributed by atoms with Crippen LogP contribution in [-0.2, 0) is 9.59 Å². The van der Waals surface area contributed by atoms with Crippen molar-refractivity contribution in [1.29, 1.82) is 0 Å². The Bertz CT molecular complexity index is 889.